The highest BCUT2D eigenvalue weighted by atomic mass is 79.9. The summed E-state index contributed by atoms with van der Waals surface area (Å²) in [5.74, 6) is 0.426. The molecular weight excluding hydrogens is 404 g/mol. The lowest BCUT2D eigenvalue weighted by Crippen LogP contribution is -2.04. The van der Waals surface area contributed by atoms with Gasteiger partial charge in [-0.15, -0.1) is 0 Å². The van der Waals surface area contributed by atoms with E-state index in [1.165, 1.54) is 0 Å². The van der Waals surface area contributed by atoms with Crippen molar-refractivity contribution in [2.75, 3.05) is 6.61 Å². The number of benzene rings is 3. The molecule has 0 saturated heterocycles. The second-order valence-corrected chi connectivity index (χ2v) is 6.74. The summed E-state index contributed by atoms with van der Waals surface area (Å²) in [5.41, 5.74) is 2.57. The van der Waals surface area contributed by atoms with Gasteiger partial charge in [-0.25, -0.2) is 4.79 Å². The second kappa shape index (κ2) is 9.74. The first-order valence-corrected chi connectivity index (χ1v) is 9.36. The van der Waals surface area contributed by atoms with Crippen LogP contribution in [0.5, 0.6) is 5.75 Å². The largest absolute Gasteiger partial charge is 0.488 e. The average Bonchev–Trinajstić information content (AvgIpc) is 2.72. The smallest absolute Gasteiger partial charge is 0.338 e. The van der Waals surface area contributed by atoms with E-state index in [-0.39, 0.29) is 12.6 Å². The number of esters is 1. The highest BCUT2D eigenvalue weighted by Gasteiger charge is 2.05. The van der Waals surface area contributed by atoms with Gasteiger partial charge in [-0.2, -0.15) is 0 Å². The van der Waals surface area contributed by atoms with Gasteiger partial charge in [0.05, 0.1) is 5.56 Å². The van der Waals surface area contributed by atoms with Crippen molar-refractivity contribution >= 4 is 28.0 Å². The number of halogens is 1. The number of hydrogen-bond acceptors (Lipinski definition) is 3. The summed E-state index contributed by atoms with van der Waals surface area (Å²) in [7, 11) is 0. The molecule has 0 heterocycles. The van der Waals surface area contributed by atoms with Gasteiger partial charge < -0.3 is 9.47 Å². The third-order valence-electron chi connectivity index (χ3n) is 3.83. The first-order chi connectivity index (χ1) is 13.2. The third-order valence-corrected chi connectivity index (χ3v) is 4.32. The third kappa shape index (κ3) is 5.83. The molecule has 0 amide bonds. The molecule has 3 rings (SSSR count). The zero-order chi connectivity index (χ0) is 18.9. The minimum absolute atomic E-state index is 0.196. The van der Waals surface area contributed by atoms with Crippen LogP contribution < -0.4 is 4.74 Å². The zero-order valence-electron chi connectivity index (χ0n) is 14.7. The summed E-state index contributed by atoms with van der Waals surface area (Å²) in [6.07, 6.45) is 3.70. The Morgan fingerprint density at radius 1 is 0.926 bits per heavy atom. The Hall–Kier alpha value is -2.85. The first kappa shape index (κ1) is 18.9. The summed E-state index contributed by atoms with van der Waals surface area (Å²) in [5, 5.41) is 0. The topological polar surface area (TPSA) is 35.5 Å². The highest BCUT2D eigenvalue weighted by Crippen LogP contribution is 2.26. The molecule has 0 aliphatic heterocycles. The van der Waals surface area contributed by atoms with Gasteiger partial charge in [0, 0.05) is 10.0 Å². The predicted molar refractivity (Wildman–Crippen MR) is 111 cm³/mol. The summed E-state index contributed by atoms with van der Waals surface area (Å²) in [6.45, 7) is 0.684. The predicted octanol–water partition coefficient (Wildman–Crippen LogP) is 5.90. The minimum atomic E-state index is -0.336. The van der Waals surface area contributed by atoms with Gasteiger partial charge in [0.2, 0.25) is 0 Å². The van der Waals surface area contributed by atoms with Crippen LogP contribution in [0, 0.1) is 0 Å². The number of hydrogen-bond donors (Lipinski definition) is 0. The van der Waals surface area contributed by atoms with Crippen LogP contribution in [0.3, 0.4) is 0 Å². The van der Waals surface area contributed by atoms with Crippen LogP contribution in [-0.2, 0) is 11.3 Å². The Bertz CT molecular complexity index is 905. The van der Waals surface area contributed by atoms with E-state index in [1.54, 1.807) is 18.2 Å². The Labute approximate surface area is 167 Å². The number of carbonyl (C=O) groups is 1. The van der Waals surface area contributed by atoms with Crippen molar-refractivity contribution in [1.82, 2.24) is 0 Å². The van der Waals surface area contributed by atoms with Gasteiger partial charge in [-0.05, 0) is 35.9 Å². The Morgan fingerprint density at radius 2 is 1.63 bits per heavy atom. The van der Waals surface area contributed by atoms with Crippen molar-refractivity contribution in [2.45, 2.75) is 6.61 Å². The van der Waals surface area contributed by atoms with E-state index in [4.69, 9.17) is 9.47 Å². The fourth-order valence-corrected chi connectivity index (χ4v) is 2.80. The molecule has 0 radical (unpaired) electrons. The molecule has 3 nitrogen and oxygen atoms in total. The maximum Gasteiger partial charge on any atom is 0.338 e. The van der Waals surface area contributed by atoms with Crippen LogP contribution in [0.25, 0.3) is 6.08 Å². The van der Waals surface area contributed by atoms with Crippen LogP contribution in [0.2, 0.25) is 0 Å². The van der Waals surface area contributed by atoms with E-state index in [0.29, 0.717) is 12.2 Å². The van der Waals surface area contributed by atoms with Crippen LogP contribution in [-0.4, -0.2) is 12.6 Å². The first-order valence-electron chi connectivity index (χ1n) is 8.57. The fraction of sp³-hybridized carbons (Fsp3) is 0.0870. The van der Waals surface area contributed by atoms with Crippen LogP contribution >= 0.6 is 15.9 Å². The molecule has 0 bridgehead atoms. The van der Waals surface area contributed by atoms with E-state index in [9.17, 15) is 4.79 Å². The van der Waals surface area contributed by atoms with E-state index < -0.39 is 0 Å². The van der Waals surface area contributed by atoms with Crippen molar-refractivity contribution in [2.24, 2.45) is 0 Å². The quantitative estimate of drug-likeness (QED) is 0.444. The van der Waals surface area contributed by atoms with Gasteiger partial charge in [0.25, 0.3) is 0 Å². The van der Waals surface area contributed by atoms with Crippen molar-refractivity contribution in [3.05, 3.63) is 106 Å². The lowest BCUT2D eigenvalue weighted by molar-refractivity contribution is 0.0550. The summed E-state index contributed by atoms with van der Waals surface area (Å²) in [6, 6.07) is 24.8. The number of carbonyl (C=O) groups excluding carboxylic acids is 1. The van der Waals surface area contributed by atoms with Crippen LogP contribution in [0.1, 0.15) is 21.5 Å². The minimum Gasteiger partial charge on any atom is -0.488 e. The fourth-order valence-electron chi connectivity index (χ4n) is 2.46. The van der Waals surface area contributed by atoms with E-state index >= 15 is 0 Å². The van der Waals surface area contributed by atoms with E-state index in [2.05, 4.69) is 15.9 Å². The van der Waals surface area contributed by atoms with E-state index in [1.807, 2.05) is 72.8 Å². The van der Waals surface area contributed by atoms with Crippen LogP contribution in [0.15, 0.2) is 89.4 Å². The van der Waals surface area contributed by atoms with Crippen molar-refractivity contribution < 1.29 is 14.3 Å². The maximum absolute atomic E-state index is 11.9. The second-order valence-electron chi connectivity index (χ2n) is 5.82. The molecular formula is C23H19BrO3. The molecule has 0 N–H and O–H groups in total. The molecule has 3 aromatic carbocycles. The maximum atomic E-state index is 11.9. The molecule has 0 atom stereocenters. The molecule has 0 spiro atoms. The zero-order valence-corrected chi connectivity index (χ0v) is 16.3. The monoisotopic (exact) mass is 422 g/mol. The lowest BCUT2D eigenvalue weighted by Gasteiger charge is -2.10. The molecule has 0 saturated carbocycles. The average molecular weight is 423 g/mol. The molecule has 0 aliphatic carbocycles. The molecule has 136 valence electrons. The lowest BCUT2D eigenvalue weighted by atomic mass is 10.2. The van der Waals surface area contributed by atoms with Crippen molar-refractivity contribution in [3.8, 4) is 5.75 Å². The summed E-state index contributed by atoms with van der Waals surface area (Å²) >= 11 is 3.48. The molecule has 0 unspecified atom stereocenters. The van der Waals surface area contributed by atoms with Gasteiger partial charge in [0.1, 0.15) is 19.0 Å². The van der Waals surface area contributed by atoms with Crippen LogP contribution in [0.4, 0.5) is 0 Å². The molecule has 27 heavy (non-hydrogen) atoms. The summed E-state index contributed by atoms with van der Waals surface area (Å²) in [4.78, 5) is 11.9. The Balaban J connectivity index is 1.60. The standard InChI is InChI=1S/C23H19BrO3/c24-21-14-13-19(22(16-21)27-17-18-8-3-1-4-9-18)12-7-15-26-23(25)20-10-5-2-6-11-20/h1-14,16H,15,17H2. The van der Waals surface area contributed by atoms with Gasteiger partial charge in [0.15, 0.2) is 0 Å². The normalized spacial score (nSPS) is 10.7. The van der Waals surface area contributed by atoms with E-state index in [0.717, 1.165) is 21.3 Å². The molecule has 0 fully saturated rings. The Kier molecular flexibility index (Phi) is 6.83. The molecule has 0 aliphatic rings. The SMILES string of the molecule is O=C(OCC=Cc1ccc(Br)cc1OCc1ccccc1)c1ccccc1. The number of ether oxygens (including phenoxy) is 2. The number of rotatable bonds is 7. The highest BCUT2D eigenvalue weighted by molar-refractivity contribution is 9.10. The van der Waals surface area contributed by atoms with Crippen molar-refractivity contribution in [3.63, 3.8) is 0 Å². The summed E-state index contributed by atoms with van der Waals surface area (Å²) < 4.78 is 12.2. The molecule has 0 aromatic heterocycles. The van der Waals surface area contributed by atoms with Gasteiger partial charge in [-0.1, -0.05) is 76.6 Å². The molecule has 4 heteroatoms. The molecule has 3 aromatic rings. The van der Waals surface area contributed by atoms with Gasteiger partial charge in [-0.3, -0.25) is 0 Å². The van der Waals surface area contributed by atoms with Gasteiger partial charge >= 0.3 is 5.97 Å². The Morgan fingerprint density at radius 3 is 2.37 bits per heavy atom. The van der Waals surface area contributed by atoms with Crippen molar-refractivity contribution in [1.29, 1.82) is 0 Å².